The van der Waals surface area contributed by atoms with Gasteiger partial charge in [0.25, 0.3) is 0 Å². The van der Waals surface area contributed by atoms with Crippen molar-refractivity contribution >= 4 is 5.91 Å². The van der Waals surface area contributed by atoms with Gasteiger partial charge >= 0.3 is 0 Å². The van der Waals surface area contributed by atoms with E-state index in [1.807, 2.05) is 6.08 Å². The first kappa shape index (κ1) is 77.0. The molecule has 0 aliphatic carbocycles. The number of carbonyl (C=O) groups is 1. The van der Waals surface area contributed by atoms with Crippen LogP contribution in [0, 0.1) is 0 Å². The number of aliphatic hydroxyl groups is 8. The highest BCUT2D eigenvalue weighted by molar-refractivity contribution is 5.76. The van der Waals surface area contributed by atoms with E-state index in [-0.39, 0.29) is 18.9 Å². The van der Waals surface area contributed by atoms with Crippen molar-refractivity contribution in [3.05, 3.63) is 97.2 Å². The van der Waals surface area contributed by atoms with Crippen molar-refractivity contribution in [3.8, 4) is 0 Å². The van der Waals surface area contributed by atoms with Crippen molar-refractivity contribution in [3.63, 3.8) is 0 Å². The zero-order chi connectivity index (χ0) is 60.9. The van der Waals surface area contributed by atoms with E-state index in [0.717, 1.165) is 83.5 Å². The van der Waals surface area contributed by atoms with Crippen molar-refractivity contribution < 1.29 is 64.6 Å². The summed E-state index contributed by atoms with van der Waals surface area (Å²) >= 11 is 0. The molecule has 0 aromatic carbocycles. The van der Waals surface area contributed by atoms with Crippen LogP contribution in [0.25, 0.3) is 0 Å². The van der Waals surface area contributed by atoms with Crippen LogP contribution in [0.3, 0.4) is 0 Å². The van der Waals surface area contributed by atoms with Crippen LogP contribution < -0.4 is 5.32 Å². The Morgan fingerprint density at radius 2 is 0.833 bits per heavy atom. The highest BCUT2D eigenvalue weighted by Crippen LogP contribution is 2.30. The third-order valence-corrected chi connectivity index (χ3v) is 15.7. The maximum absolute atomic E-state index is 13.3. The number of carbonyl (C=O) groups excluding carboxylic acids is 1. The number of allylic oxidation sites excluding steroid dienone is 15. The summed E-state index contributed by atoms with van der Waals surface area (Å²) in [6, 6.07) is -0.949. The molecule has 484 valence electrons. The number of rotatable bonds is 53. The smallest absolute Gasteiger partial charge is 0.220 e. The Labute approximate surface area is 509 Å². The molecule has 2 fully saturated rings. The van der Waals surface area contributed by atoms with Crippen molar-refractivity contribution in [1.82, 2.24) is 5.32 Å². The molecule has 2 rings (SSSR count). The molecule has 0 saturated carbocycles. The molecule has 84 heavy (non-hydrogen) atoms. The van der Waals surface area contributed by atoms with Crippen LogP contribution >= 0.6 is 0 Å². The molecule has 12 unspecified atom stereocenters. The molecular weight excluding hydrogens is 1060 g/mol. The molecule has 14 heteroatoms. The lowest BCUT2D eigenvalue weighted by atomic mass is 9.97. The summed E-state index contributed by atoms with van der Waals surface area (Å²) in [7, 11) is 0. The molecule has 2 aliphatic heterocycles. The van der Waals surface area contributed by atoms with Crippen LogP contribution in [0.2, 0.25) is 0 Å². The molecular formula is C70H121NO13. The predicted molar refractivity (Wildman–Crippen MR) is 341 cm³/mol. The van der Waals surface area contributed by atoms with Gasteiger partial charge in [0.1, 0.15) is 48.8 Å². The van der Waals surface area contributed by atoms with Crippen LogP contribution in [-0.2, 0) is 23.7 Å². The number of ether oxygens (including phenoxy) is 4. The molecule has 0 aromatic heterocycles. The fourth-order valence-electron chi connectivity index (χ4n) is 10.4. The van der Waals surface area contributed by atoms with E-state index < -0.39 is 86.8 Å². The van der Waals surface area contributed by atoms with Gasteiger partial charge in [0, 0.05) is 6.42 Å². The van der Waals surface area contributed by atoms with Gasteiger partial charge in [-0.1, -0.05) is 246 Å². The molecule has 2 aliphatic rings. The first-order chi connectivity index (χ1) is 41.1. The Hall–Kier alpha value is -3.09. The zero-order valence-electron chi connectivity index (χ0n) is 52.4. The van der Waals surface area contributed by atoms with Gasteiger partial charge in [0.2, 0.25) is 5.91 Å². The fourth-order valence-corrected chi connectivity index (χ4v) is 10.4. The number of hydrogen-bond donors (Lipinski definition) is 9. The molecule has 1 amide bonds. The Bertz CT molecular complexity index is 1780. The van der Waals surface area contributed by atoms with Gasteiger partial charge in [-0.15, -0.1) is 0 Å². The number of amides is 1. The SMILES string of the molecule is CC/C=C\C/C=C\C/C=C\C/C=C\C/C=C\CCCCCCCCCCCC(=O)NC(COC1OC(CO)C(OC2OC(CO)C(O)C(O)C2O)C(O)C1O)C(O)/C=C/CC/C=C/CC/C=C/CCCCCCCCCCCCCCCCC. The Morgan fingerprint density at radius 1 is 0.440 bits per heavy atom. The Balaban J connectivity index is 1.75. The first-order valence-electron chi connectivity index (χ1n) is 33.5. The minimum absolute atomic E-state index is 0.257. The van der Waals surface area contributed by atoms with Crippen molar-refractivity contribution in [2.75, 3.05) is 19.8 Å². The summed E-state index contributed by atoms with van der Waals surface area (Å²) in [6.45, 7) is 2.67. The van der Waals surface area contributed by atoms with Gasteiger partial charge in [0.15, 0.2) is 12.6 Å². The average Bonchev–Trinajstić information content (AvgIpc) is 3.18. The molecule has 0 spiro atoms. The van der Waals surface area contributed by atoms with E-state index in [1.54, 1.807) is 6.08 Å². The van der Waals surface area contributed by atoms with Crippen LogP contribution in [0.5, 0.6) is 0 Å². The Kier molecular flexibility index (Phi) is 49.6. The van der Waals surface area contributed by atoms with Gasteiger partial charge in [0.05, 0.1) is 32.0 Å². The lowest BCUT2D eigenvalue weighted by Gasteiger charge is -2.46. The summed E-state index contributed by atoms with van der Waals surface area (Å²) in [6.07, 6.45) is 58.8. The van der Waals surface area contributed by atoms with Crippen LogP contribution in [0.4, 0.5) is 0 Å². The molecule has 9 N–H and O–H groups in total. The van der Waals surface area contributed by atoms with E-state index in [2.05, 4.69) is 104 Å². The normalized spacial score (nSPS) is 24.3. The second kappa shape index (κ2) is 54.1. The predicted octanol–water partition coefficient (Wildman–Crippen LogP) is 13.0. The molecule has 12 atom stereocenters. The maximum atomic E-state index is 13.3. The monoisotopic (exact) mass is 1180 g/mol. The largest absolute Gasteiger partial charge is 0.394 e. The molecule has 2 saturated heterocycles. The van der Waals surface area contributed by atoms with Gasteiger partial charge in [-0.05, 0) is 89.9 Å². The number of unbranched alkanes of at least 4 members (excludes halogenated alkanes) is 26. The summed E-state index contributed by atoms with van der Waals surface area (Å²) in [5.74, 6) is -0.262. The average molecular weight is 1180 g/mol. The van der Waals surface area contributed by atoms with E-state index >= 15 is 0 Å². The maximum Gasteiger partial charge on any atom is 0.220 e. The van der Waals surface area contributed by atoms with E-state index in [4.69, 9.17) is 18.9 Å². The van der Waals surface area contributed by atoms with Gasteiger partial charge < -0.3 is 65.1 Å². The molecule has 0 bridgehead atoms. The summed E-state index contributed by atoms with van der Waals surface area (Å²) in [5, 5.41) is 87.3. The Morgan fingerprint density at radius 3 is 1.31 bits per heavy atom. The highest BCUT2D eigenvalue weighted by atomic mass is 16.7. The van der Waals surface area contributed by atoms with Crippen molar-refractivity contribution in [2.24, 2.45) is 0 Å². The highest BCUT2D eigenvalue weighted by Gasteiger charge is 2.51. The third kappa shape index (κ3) is 38.2. The zero-order valence-corrected chi connectivity index (χ0v) is 52.4. The minimum atomic E-state index is -1.80. The lowest BCUT2D eigenvalue weighted by molar-refractivity contribution is -0.359. The second-order valence-corrected chi connectivity index (χ2v) is 23.2. The lowest BCUT2D eigenvalue weighted by Crippen LogP contribution is -2.65. The standard InChI is InChI=1S/C70H121NO13/c1-3-5-7-9-11-13-15-17-19-21-23-25-27-29-31-33-35-37-39-41-43-45-47-49-51-53-59(74)58(57-81-69-67(80)65(78)68(61(56-73)83-69)84-70-66(79)64(77)63(76)60(55-72)82-70)71-62(75)54-52-50-48-46-44-42-40-38-36-34-32-30-28-26-24-22-20-18-16-14-12-10-8-6-4-2/h6,8,12,14,18,20,24,26,30,32,35,37,43,45,51,53,58-61,63-70,72-74,76-80H,3-5,7,9-11,13,15-17,19,21-23,25,27-29,31,33-34,36,38-42,44,46-50,52,54-57H2,1-2H3,(H,71,75)/b8-6-,14-12-,20-18-,26-24-,32-30-,37-35+,45-43+,53-51+. The molecule has 14 nitrogen and oxygen atoms in total. The van der Waals surface area contributed by atoms with Gasteiger partial charge in [-0.3, -0.25) is 4.79 Å². The third-order valence-electron chi connectivity index (χ3n) is 15.7. The molecule has 2 heterocycles. The van der Waals surface area contributed by atoms with Gasteiger partial charge in [-0.25, -0.2) is 0 Å². The van der Waals surface area contributed by atoms with E-state index in [9.17, 15) is 45.6 Å². The fraction of sp³-hybridized carbons (Fsp3) is 0.757. The van der Waals surface area contributed by atoms with Crippen molar-refractivity contribution in [1.29, 1.82) is 0 Å². The van der Waals surface area contributed by atoms with Crippen molar-refractivity contribution in [2.45, 2.75) is 319 Å². The number of hydrogen-bond acceptors (Lipinski definition) is 13. The van der Waals surface area contributed by atoms with Crippen LogP contribution in [0.1, 0.15) is 245 Å². The summed E-state index contributed by atoms with van der Waals surface area (Å²) in [5.41, 5.74) is 0. The second-order valence-electron chi connectivity index (χ2n) is 23.2. The van der Waals surface area contributed by atoms with Gasteiger partial charge in [-0.2, -0.15) is 0 Å². The first-order valence-corrected chi connectivity index (χ1v) is 33.5. The quantitative estimate of drug-likeness (QED) is 0.0204. The van der Waals surface area contributed by atoms with Crippen LogP contribution in [0.15, 0.2) is 97.2 Å². The number of aliphatic hydroxyl groups excluding tert-OH is 8. The summed E-state index contributed by atoms with van der Waals surface area (Å²) < 4.78 is 22.8. The van der Waals surface area contributed by atoms with E-state index in [1.165, 1.54) is 128 Å². The number of nitrogens with one attached hydrogen (secondary N) is 1. The summed E-state index contributed by atoms with van der Waals surface area (Å²) in [4.78, 5) is 13.3. The molecule has 0 radical (unpaired) electrons. The topological polar surface area (TPSA) is 228 Å². The van der Waals surface area contributed by atoms with Crippen LogP contribution in [-0.4, -0.2) is 140 Å². The molecule has 0 aromatic rings. The van der Waals surface area contributed by atoms with E-state index in [0.29, 0.717) is 12.8 Å². The minimum Gasteiger partial charge on any atom is -0.394 e.